The van der Waals surface area contributed by atoms with Crippen LogP contribution in [0.25, 0.3) is 0 Å². The van der Waals surface area contributed by atoms with Crippen molar-refractivity contribution in [2.45, 2.75) is 0 Å². The maximum Gasteiger partial charge on any atom is 0.257 e. The number of nitrogen functional groups attached to an aromatic ring is 1. The zero-order valence-electron chi connectivity index (χ0n) is 9.15. The van der Waals surface area contributed by atoms with Crippen molar-refractivity contribution in [1.29, 1.82) is 0 Å². The molecule has 4 nitrogen and oxygen atoms in total. The van der Waals surface area contributed by atoms with Gasteiger partial charge in [0.25, 0.3) is 5.91 Å². The summed E-state index contributed by atoms with van der Waals surface area (Å²) in [7, 11) is 0. The molecular weight excluding hydrogens is 301 g/mol. The number of aromatic nitrogens is 1. The Morgan fingerprint density at radius 2 is 2.17 bits per heavy atom. The molecule has 2 aromatic rings. The summed E-state index contributed by atoms with van der Waals surface area (Å²) in [5, 5.41) is 2.62. The lowest BCUT2D eigenvalue weighted by Gasteiger charge is -2.08. The molecule has 1 amide bonds. The highest BCUT2D eigenvalue weighted by atomic mass is 79.9. The molecule has 0 unspecified atom stereocenters. The van der Waals surface area contributed by atoms with E-state index in [0.717, 1.165) is 0 Å². The highest BCUT2D eigenvalue weighted by Crippen LogP contribution is 2.22. The number of amides is 1. The van der Waals surface area contributed by atoms with Gasteiger partial charge in [-0.2, -0.15) is 0 Å². The van der Waals surface area contributed by atoms with Crippen LogP contribution in [0, 0.1) is 5.82 Å². The molecule has 0 saturated carbocycles. The van der Waals surface area contributed by atoms with Crippen molar-refractivity contribution in [1.82, 2.24) is 4.98 Å². The van der Waals surface area contributed by atoms with Gasteiger partial charge < -0.3 is 11.1 Å². The molecule has 18 heavy (non-hydrogen) atoms. The second-order valence-corrected chi connectivity index (χ2v) is 4.37. The predicted molar refractivity (Wildman–Crippen MR) is 70.7 cm³/mol. The van der Waals surface area contributed by atoms with E-state index in [0.29, 0.717) is 10.2 Å². The van der Waals surface area contributed by atoms with Crippen molar-refractivity contribution in [2.75, 3.05) is 11.1 Å². The monoisotopic (exact) mass is 309 g/mol. The third kappa shape index (κ3) is 2.48. The van der Waals surface area contributed by atoms with E-state index in [4.69, 9.17) is 5.73 Å². The van der Waals surface area contributed by atoms with E-state index in [1.807, 2.05) is 0 Å². The van der Waals surface area contributed by atoms with Crippen LogP contribution < -0.4 is 11.1 Å². The van der Waals surface area contributed by atoms with E-state index in [2.05, 4.69) is 26.2 Å². The third-order valence-corrected chi connectivity index (χ3v) is 2.95. The van der Waals surface area contributed by atoms with Crippen molar-refractivity contribution in [3.8, 4) is 0 Å². The normalized spacial score (nSPS) is 10.1. The van der Waals surface area contributed by atoms with Gasteiger partial charge in [0.05, 0.1) is 21.4 Å². The summed E-state index contributed by atoms with van der Waals surface area (Å²) in [5.74, 6) is -1.09. The van der Waals surface area contributed by atoms with Gasteiger partial charge in [-0.25, -0.2) is 4.39 Å². The fraction of sp³-hybridized carbons (Fsp3) is 0. The van der Waals surface area contributed by atoms with Gasteiger partial charge in [0.2, 0.25) is 0 Å². The quantitative estimate of drug-likeness (QED) is 0.838. The Bertz CT molecular complexity index is 604. The number of hydrogen-bond donors (Lipinski definition) is 2. The fourth-order valence-electron chi connectivity index (χ4n) is 1.40. The predicted octanol–water partition coefficient (Wildman–Crippen LogP) is 2.82. The highest BCUT2D eigenvalue weighted by molar-refractivity contribution is 9.10. The summed E-state index contributed by atoms with van der Waals surface area (Å²) in [6, 6.07) is 5.72. The molecule has 0 saturated heterocycles. The van der Waals surface area contributed by atoms with Crippen molar-refractivity contribution in [3.63, 3.8) is 0 Å². The van der Waals surface area contributed by atoms with Gasteiger partial charge in [-0.15, -0.1) is 0 Å². The minimum atomic E-state index is -0.614. The zero-order chi connectivity index (χ0) is 13.1. The van der Waals surface area contributed by atoms with E-state index in [1.165, 1.54) is 24.4 Å². The fourth-order valence-corrected chi connectivity index (χ4v) is 1.75. The van der Waals surface area contributed by atoms with E-state index in [-0.39, 0.29) is 11.3 Å². The Morgan fingerprint density at radius 3 is 2.89 bits per heavy atom. The average Bonchev–Trinajstić information content (AvgIpc) is 2.35. The van der Waals surface area contributed by atoms with Crippen molar-refractivity contribution >= 4 is 33.2 Å². The van der Waals surface area contributed by atoms with Crippen molar-refractivity contribution < 1.29 is 9.18 Å². The molecule has 1 heterocycles. The topological polar surface area (TPSA) is 68.0 Å². The maximum absolute atomic E-state index is 13.2. The van der Waals surface area contributed by atoms with Gasteiger partial charge in [-0.05, 0) is 34.1 Å². The second-order valence-electron chi connectivity index (χ2n) is 3.51. The Balaban J connectivity index is 2.28. The van der Waals surface area contributed by atoms with Crippen LogP contribution in [-0.4, -0.2) is 10.9 Å². The number of hydrogen-bond acceptors (Lipinski definition) is 3. The molecule has 0 atom stereocenters. The number of halogens is 2. The smallest absolute Gasteiger partial charge is 0.257 e. The molecule has 0 fully saturated rings. The number of carbonyl (C=O) groups excluding carboxylic acids is 1. The van der Waals surface area contributed by atoms with Crippen LogP contribution in [0.5, 0.6) is 0 Å². The number of anilines is 2. The van der Waals surface area contributed by atoms with Crippen LogP contribution in [0.4, 0.5) is 15.8 Å². The van der Waals surface area contributed by atoms with Gasteiger partial charge in [0.1, 0.15) is 5.82 Å². The van der Waals surface area contributed by atoms with E-state index < -0.39 is 11.7 Å². The number of nitrogens with zero attached hydrogens (tertiary/aromatic N) is 1. The molecule has 1 aromatic heterocycles. The van der Waals surface area contributed by atoms with E-state index in [9.17, 15) is 9.18 Å². The Hall–Kier alpha value is -1.95. The molecule has 0 bridgehead atoms. The molecule has 0 aliphatic heterocycles. The molecule has 1 aromatic carbocycles. The first-order chi connectivity index (χ1) is 8.59. The Morgan fingerprint density at radius 1 is 1.39 bits per heavy atom. The van der Waals surface area contributed by atoms with E-state index in [1.54, 1.807) is 12.3 Å². The lowest BCUT2D eigenvalue weighted by molar-refractivity contribution is 0.102. The SMILES string of the molecule is Nc1c(F)cccc1C(=O)Nc1ccncc1Br. The Labute approximate surface area is 111 Å². The van der Waals surface area contributed by atoms with Gasteiger partial charge in [-0.1, -0.05) is 6.07 Å². The number of benzene rings is 1. The largest absolute Gasteiger partial charge is 0.396 e. The first-order valence-electron chi connectivity index (χ1n) is 5.04. The summed E-state index contributed by atoms with van der Waals surface area (Å²) >= 11 is 3.25. The summed E-state index contributed by atoms with van der Waals surface area (Å²) in [4.78, 5) is 15.8. The molecule has 2 rings (SSSR count). The lowest BCUT2D eigenvalue weighted by Crippen LogP contribution is -2.15. The van der Waals surface area contributed by atoms with Crippen LogP contribution in [0.1, 0.15) is 10.4 Å². The zero-order valence-corrected chi connectivity index (χ0v) is 10.7. The lowest BCUT2D eigenvalue weighted by atomic mass is 10.1. The summed E-state index contributed by atoms with van der Waals surface area (Å²) in [5.41, 5.74) is 5.99. The van der Waals surface area contributed by atoms with Crippen LogP contribution in [0.3, 0.4) is 0 Å². The van der Waals surface area contributed by atoms with Crippen LogP contribution in [0.15, 0.2) is 41.1 Å². The number of nitrogens with one attached hydrogen (secondary N) is 1. The number of nitrogens with two attached hydrogens (primary N) is 1. The summed E-state index contributed by atoms with van der Waals surface area (Å²) in [6.07, 6.45) is 3.08. The average molecular weight is 310 g/mol. The van der Waals surface area contributed by atoms with Crippen LogP contribution >= 0.6 is 15.9 Å². The standard InChI is InChI=1S/C12H9BrFN3O/c13-8-6-16-5-4-10(8)17-12(18)7-2-1-3-9(14)11(7)15/h1-6H,15H2,(H,16,17,18). The van der Waals surface area contributed by atoms with E-state index >= 15 is 0 Å². The minimum Gasteiger partial charge on any atom is -0.396 e. The maximum atomic E-state index is 13.2. The van der Waals surface area contributed by atoms with Gasteiger partial charge in [0.15, 0.2) is 0 Å². The molecule has 0 spiro atoms. The van der Waals surface area contributed by atoms with Crippen LogP contribution in [-0.2, 0) is 0 Å². The molecular formula is C12H9BrFN3O. The number of carbonyl (C=O) groups is 1. The first kappa shape index (κ1) is 12.5. The number of pyridine rings is 1. The molecule has 0 aliphatic carbocycles. The molecule has 92 valence electrons. The summed E-state index contributed by atoms with van der Waals surface area (Å²) in [6.45, 7) is 0. The minimum absolute atomic E-state index is 0.0960. The molecule has 0 radical (unpaired) electrons. The van der Waals surface area contributed by atoms with Crippen molar-refractivity contribution in [3.05, 3.63) is 52.5 Å². The third-order valence-electron chi connectivity index (χ3n) is 2.32. The van der Waals surface area contributed by atoms with Crippen LogP contribution in [0.2, 0.25) is 0 Å². The molecule has 6 heteroatoms. The van der Waals surface area contributed by atoms with Crippen molar-refractivity contribution in [2.24, 2.45) is 0 Å². The van der Waals surface area contributed by atoms with Gasteiger partial charge in [0, 0.05) is 12.4 Å². The molecule has 0 aliphatic rings. The first-order valence-corrected chi connectivity index (χ1v) is 5.83. The highest BCUT2D eigenvalue weighted by Gasteiger charge is 2.13. The summed E-state index contributed by atoms with van der Waals surface area (Å²) < 4.78 is 13.9. The Kier molecular flexibility index (Phi) is 3.57. The van der Waals surface area contributed by atoms with Gasteiger partial charge >= 0.3 is 0 Å². The number of rotatable bonds is 2. The molecule has 3 N–H and O–H groups in total. The number of para-hydroxylation sites is 1. The van der Waals surface area contributed by atoms with Gasteiger partial charge in [-0.3, -0.25) is 9.78 Å². The second kappa shape index (κ2) is 5.14.